The summed E-state index contributed by atoms with van der Waals surface area (Å²) in [5.74, 6) is 0.0555. The molecule has 1 saturated heterocycles. The van der Waals surface area contributed by atoms with Gasteiger partial charge in [-0.2, -0.15) is 5.26 Å². The van der Waals surface area contributed by atoms with Gasteiger partial charge in [-0.15, -0.1) is 0 Å². The van der Waals surface area contributed by atoms with E-state index in [-0.39, 0.29) is 12.0 Å². The summed E-state index contributed by atoms with van der Waals surface area (Å²) in [4.78, 5) is 2.21. The molecule has 0 saturated carbocycles. The molecule has 56 valence electrons. The minimum absolute atomic E-state index is 0.0555. The van der Waals surface area contributed by atoms with Gasteiger partial charge in [-0.1, -0.05) is 6.92 Å². The highest BCUT2D eigenvalue weighted by atomic mass is 15.2. The Bertz CT molecular complexity index is 149. The molecule has 2 atom stereocenters. The van der Waals surface area contributed by atoms with Crippen LogP contribution in [0.25, 0.3) is 0 Å². The Morgan fingerprint density at radius 2 is 2.40 bits per heavy atom. The van der Waals surface area contributed by atoms with E-state index in [1.807, 2.05) is 0 Å². The van der Waals surface area contributed by atoms with E-state index in [9.17, 15) is 0 Å². The van der Waals surface area contributed by atoms with Gasteiger partial charge in [-0.3, -0.25) is 0 Å². The zero-order valence-electron chi connectivity index (χ0n) is 6.25. The quantitative estimate of drug-likeness (QED) is 0.547. The summed E-state index contributed by atoms with van der Waals surface area (Å²) in [5.41, 5.74) is 5.69. The van der Waals surface area contributed by atoms with Crippen LogP contribution in [0.2, 0.25) is 0 Å². The van der Waals surface area contributed by atoms with Gasteiger partial charge in [0.2, 0.25) is 0 Å². The summed E-state index contributed by atoms with van der Waals surface area (Å²) in [7, 11) is 0. The zero-order valence-corrected chi connectivity index (χ0v) is 6.25. The fourth-order valence-electron chi connectivity index (χ4n) is 1.31. The third-order valence-corrected chi connectivity index (χ3v) is 2.05. The second kappa shape index (κ2) is 3.00. The van der Waals surface area contributed by atoms with Crippen LogP contribution in [0.15, 0.2) is 0 Å². The van der Waals surface area contributed by atoms with Crippen LogP contribution >= 0.6 is 0 Å². The molecule has 0 unspecified atom stereocenters. The number of hydrogen-bond donors (Lipinski definition) is 1. The van der Waals surface area contributed by atoms with Gasteiger partial charge < -0.3 is 10.6 Å². The fraction of sp³-hybridized carbons (Fsp3) is 0.857. The van der Waals surface area contributed by atoms with Crippen molar-refractivity contribution in [2.75, 3.05) is 19.6 Å². The molecule has 3 heteroatoms. The van der Waals surface area contributed by atoms with Gasteiger partial charge in [0.25, 0.3) is 0 Å². The molecule has 1 aliphatic heterocycles. The Hall–Kier alpha value is -0.590. The van der Waals surface area contributed by atoms with E-state index in [0.717, 1.165) is 19.6 Å². The maximum atomic E-state index is 8.59. The number of nitrogens with two attached hydrogens (primary N) is 1. The van der Waals surface area contributed by atoms with Crippen molar-refractivity contribution in [1.29, 1.82) is 5.26 Å². The normalized spacial score (nSPS) is 34.1. The standard InChI is InChI=1S/C7H13N3/c1-2-10-4-6(3-8)7(9)5-10/h6-7H,2,4-5,9H2,1H3/t6-,7-/m1/s1. The Labute approximate surface area is 61.4 Å². The van der Waals surface area contributed by atoms with Crippen LogP contribution < -0.4 is 5.73 Å². The van der Waals surface area contributed by atoms with E-state index in [2.05, 4.69) is 17.9 Å². The number of likely N-dealkylation sites (N-methyl/N-ethyl adjacent to an activating group) is 1. The van der Waals surface area contributed by atoms with Crippen LogP contribution in [0.3, 0.4) is 0 Å². The van der Waals surface area contributed by atoms with Crippen molar-refractivity contribution in [3.8, 4) is 6.07 Å². The predicted octanol–water partition coefficient (Wildman–Crippen LogP) is -0.211. The van der Waals surface area contributed by atoms with E-state index in [4.69, 9.17) is 11.0 Å². The molecule has 1 heterocycles. The average Bonchev–Trinajstić information content (AvgIpc) is 2.30. The van der Waals surface area contributed by atoms with Gasteiger partial charge in [0, 0.05) is 19.1 Å². The SMILES string of the molecule is CCN1C[C@@H](N)[C@H](C#N)C1. The molecule has 0 aromatic carbocycles. The third-order valence-electron chi connectivity index (χ3n) is 2.05. The molecule has 1 aliphatic rings. The molecule has 0 aromatic rings. The predicted molar refractivity (Wildman–Crippen MR) is 39.2 cm³/mol. The summed E-state index contributed by atoms with van der Waals surface area (Å²) in [6, 6.07) is 2.29. The van der Waals surface area contributed by atoms with E-state index in [1.54, 1.807) is 0 Å². The second-order valence-electron chi connectivity index (χ2n) is 2.75. The van der Waals surface area contributed by atoms with Crippen LogP contribution in [0, 0.1) is 17.2 Å². The van der Waals surface area contributed by atoms with Crippen molar-refractivity contribution in [2.45, 2.75) is 13.0 Å². The fourth-order valence-corrected chi connectivity index (χ4v) is 1.31. The van der Waals surface area contributed by atoms with Gasteiger partial charge in [0.1, 0.15) is 0 Å². The summed E-state index contributed by atoms with van der Waals surface area (Å²) in [6.07, 6.45) is 0. The molecule has 1 rings (SSSR count). The molecule has 0 bridgehead atoms. The number of nitriles is 1. The van der Waals surface area contributed by atoms with Crippen LogP contribution in [0.1, 0.15) is 6.92 Å². The lowest BCUT2D eigenvalue weighted by Crippen LogP contribution is -2.28. The summed E-state index contributed by atoms with van der Waals surface area (Å²) in [6.45, 7) is 4.83. The molecule has 2 N–H and O–H groups in total. The molecule has 0 radical (unpaired) electrons. The van der Waals surface area contributed by atoms with E-state index in [1.165, 1.54) is 0 Å². The first-order chi connectivity index (χ1) is 4.77. The first-order valence-corrected chi connectivity index (χ1v) is 3.65. The first-order valence-electron chi connectivity index (χ1n) is 3.65. The molecule has 1 fully saturated rings. The third kappa shape index (κ3) is 1.28. The molecule has 0 aromatic heterocycles. The largest absolute Gasteiger partial charge is 0.325 e. The van der Waals surface area contributed by atoms with E-state index < -0.39 is 0 Å². The maximum Gasteiger partial charge on any atom is 0.0753 e. The summed E-state index contributed by atoms with van der Waals surface area (Å²) < 4.78 is 0. The van der Waals surface area contributed by atoms with Crippen molar-refractivity contribution in [3.63, 3.8) is 0 Å². The minimum Gasteiger partial charge on any atom is -0.325 e. The molecule has 3 nitrogen and oxygen atoms in total. The van der Waals surface area contributed by atoms with Gasteiger partial charge in [0.05, 0.1) is 12.0 Å². The number of hydrogen-bond acceptors (Lipinski definition) is 3. The monoisotopic (exact) mass is 139 g/mol. The van der Waals surface area contributed by atoms with Crippen molar-refractivity contribution >= 4 is 0 Å². The zero-order chi connectivity index (χ0) is 7.56. The topological polar surface area (TPSA) is 53.0 Å². The van der Waals surface area contributed by atoms with Gasteiger partial charge in [0.15, 0.2) is 0 Å². The first kappa shape index (κ1) is 7.52. The highest BCUT2D eigenvalue weighted by Crippen LogP contribution is 2.12. The molecule has 0 aliphatic carbocycles. The molecular formula is C7H13N3. The van der Waals surface area contributed by atoms with Crippen LogP contribution in [-0.2, 0) is 0 Å². The molecular weight excluding hydrogens is 126 g/mol. The maximum absolute atomic E-state index is 8.59. The van der Waals surface area contributed by atoms with E-state index >= 15 is 0 Å². The van der Waals surface area contributed by atoms with Crippen LogP contribution in [-0.4, -0.2) is 30.6 Å². The van der Waals surface area contributed by atoms with Gasteiger partial charge >= 0.3 is 0 Å². The van der Waals surface area contributed by atoms with Crippen LogP contribution in [0.5, 0.6) is 0 Å². The lowest BCUT2D eigenvalue weighted by molar-refractivity contribution is 0.349. The lowest BCUT2D eigenvalue weighted by Gasteiger charge is -2.09. The highest BCUT2D eigenvalue weighted by Gasteiger charge is 2.28. The van der Waals surface area contributed by atoms with Crippen LogP contribution in [0.4, 0.5) is 0 Å². The van der Waals surface area contributed by atoms with Gasteiger partial charge in [-0.25, -0.2) is 0 Å². The second-order valence-corrected chi connectivity index (χ2v) is 2.75. The number of rotatable bonds is 1. The molecule has 0 spiro atoms. The molecule has 0 amide bonds. The van der Waals surface area contributed by atoms with Crippen molar-refractivity contribution in [3.05, 3.63) is 0 Å². The highest BCUT2D eigenvalue weighted by molar-refractivity contribution is 4.98. The van der Waals surface area contributed by atoms with E-state index in [0.29, 0.717) is 0 Å². The smallest absolute Gasteiger partial charge is 0.0753 e. The van der Waals surface area contributed by atoms with Gasteiger partial charge in [-0.05, 0) is 6.54 Å². The number of likely N-dealkylation sites (tertiary alicyclic amines) is 1. The lowest BCUT2D eigenvalue weighted by atomic mass is 10.1. The Kier molecular flexibility index (Phi) is 2.25. The average molecular weight is 139 g/mol. The summed E-state index contributed by atoms with van der Waals surface area (Å²) in [5, 5.41) is 8.59. The van der Waals surface area contributed by atoms with Crippen molar-refractivity contribution < 1.29 is 0 Å². The summed E-state index contributed by atoms with van der Waals surface area (Å²) >= 11 is 0. The minimum atomic E-state index is 0.0555. The Morgan fingerprint density at radius 3 is 2.70 bits per heavy atom. The molecule has 10 heavy (non-hydrogen) atoms. The van der Waals surface area contributed by atoms with Crippen molar-refractivity contribution in [2.24, 2.45) is 11.7 Å². The number of nitrogens with zero attached hydrogens (tertiary/aromatic N) is 2. The van der Waals surface area contributed by atoms with Crippen molar-refractivity contribution in [1.82, 2.24) is 4.90 Å². The Balaban J connectivity index is 2.46. The Morgan fingerprint density at radius 1 is 1.70 bits per heavy atom.